The van der Waals surface area contributed by atoms with E-state index in [9.17, 15) is 13.2 Å². The molecule has 8 heteroatoms. The lowest BCUT2D eigenvalue weighted by Crippen LogP contribution is -2.29. The van der Waals surface area contributed by atoms with Crippen molar-refractivity contribution in [1.29, 1.82) is 0 Å². The van der Waals surface area contributed by atoms with Gasteiger partial charge in [0.2, 0.25) is 10.0 Å². The van der Waals surface area contributed by atoms with E-state index in [1.54, 1.807) is 37.3 Å². The fourth-order valence-electron chi connectivity index (χ4n) is 2.87. The van der Waals surface area contributed by atoms with Crippen molar-refractivity contribution in [3.05, 3.63) is 59.8 Å². The van der Waals surface area contributed by atoms with E-state index in [0.717, 1.165) is 16.5 Å². The average molecular weight is 387 g/mol. The first kappa shape index (κ1) is 18.9. The van der Waals surface area contributed by atoms with Crippen molar-refractivity contribution in [1.82, 2.24) is 9.88 Å². The van der Waals surface area contributed by atoms with Gasteiger partial charge in [-0.3, -0.25) is 4.79 Å². The number of aromatic amines is 1. The van der Waals surface area contributed by atoms with Gasteiger partial charge in [-0.1, -0.05) is 12.1 Å². The molecule has 0 saturated heterocycles. The Morgan fingerprint density at radius 2 is 1.81 bits per heavy atom. The van der Waals surface area contributed by atoms with Crippen molar-refractivity contribution in [2.24, 2.45) is 5.14 Å². The van der Waals surface area contributed by atoms with Crippen LogP contribution in [0.25, 0.3) is 10.9 Å². The van der Waals surface area contributed by atoms with Gasteiger partial charge < -0.3 is 14.6 Å². The minimum Gasteiger partial charge on any atom is -0.497 e. The summed E-state index contributed by atoms with van der Waals surface area (Å²) in [6.07, 6.45) is 0. The van der Waals surface area contributed by atoms with Crippen LogP contribution in [-0.4, -0.2) is 38.4 Å². The molecule has 0 bridgehead atoms. The van der Waals surface area contributed by atoms with Crippen LogP contribution in [-0.2, 0) is 10.0 Å². The van der Waals surface area contributed by atoms with Crippen molar-refractivity contribution in [2.75, 3.05) is 14.2 Å². The third kappa shape index (κ3) is 3.81. The minimum absolute atomic E-state index is 0.0389. The lowest BCUT2D eigenvalue weighted by molar-refractivity contribution is 0.0737. The average Bonchev–Trinajstić information content (AvgIpc) is 3.08. The molecule has 0 spiro atoms. The number of fused-ring (bicyclic) bond motifs is 1. The van der Waals surface area contributed by atoms with Crippen LogP contribution in [0.2, 0.25) is 0 Å². The first-order chi connectivity index (χ1) is 12.7. The fourth-order valence-corrected chi connectivity index (χ4v) is 3.39. The Kier molecular flexibility index (Phi) is 4.95. The van der Waals surface area contributed by atoms with Crippen molar-refractivity contribution in [3.8, 4) is 5.75 Å². The van der Waals surface area contributed by atoms with Crippen LogP contribution in [0.1, 0.15) is 29.0 Å². The molecule has 3 aromatic rings. The van der Waals surface area contributed by atoms with Gasteiger partial charge in [0.25, 0.3) is 5.91 Å². The van der Waals surface area contributed by atoms with Crippen LogP contribution in [0.5, 0.6) is 5.75 Å². The normalized spacial score (nSPS) is 12.7. The predicted octanol–water partition coefficient (Wildman–Crippen LogP) is 2.66. The number of amides is 1. The number of sulfonamides is 1. The molecule has 2 aromatic carbocycles. The summed E-state index contributed by atoms with van der Waals surface area (Å²) < 4.78 is 27.9. The Bertz CT molecular complexity index is 1090. The number of rotatable bonds is 5. The van der Waals surface area contributed by atoms with Gasteiger partial charge in [-0.2, -0.15) is 0 Å². The number of benzene rings is 2. The first-order valence-electron chi connectivity index (χ1n) is 8.27. The lowest BCUT2D eigenvalue weighted by atomic mass is 10.1. The number of carbonyl (C=O) groups excluding carboxylic acids is 1. The Hall–Kier alpha value is -2.84. The number of primary sulfonamides is 1. The number of carbonyl (C=O) groups is 1. The van der Waals surface area contributed by atoms with Crippen molar-refractivity contribution in [3.63, 3.8) is 0 Å². The number of nitrogens with two attached hydrogens (primary N) is 1. The van der Waals surface area contributed by atoms with Gasteiger partial charge in [0.15, 0.2) is 0 Å². The SMILES string of the molecule is COc1ccc2cc(C(=O)N(C)C(C)c3ccc(S(N)(=O)=O)cc3)[nH]c2c1. The highest BCUT2D eigenvalue weighted by atomic mass is 32.2. The summed E-state index contributed by atoms with van der Waals surface area (Å²) in [7, 11) is -0.450. The molecular formula is C19H21N3O4S. The molecule has 1 amide bonds. The van der Waals surface area contributed by atoms with Gasteiger partial charge in [-0.15, -0.1) is 0 Å². The molecule has 142 valence electrons. The van der Waals surface area contributed by atoms with E-state index in [1.165, 1.54) is 12.1 Å². The molecule has 0 radical (unpaired) electrons. The minimum atomic E-state index is -3.74. The van der Waals surface area contributed by atoms with E-state index >= 15 is 0 Å². The van der Waals surface area contributed by atoms with Gasteiger partial charge in [0.05, 0.1) is 18.0 Å². The fraction of sp³-hybridized carbons (Fsp3) is 0.211. The van der Waals surface area contributed by atoms with Crippen LogP contribution in [0.3, 0.4) is 0 Å². The number of nitrogens with one attached hydrogen (secondary N) is 1. The molecule has 1 unspecified atom stereocenters. The molecule has 3 rings (SSSR count). The molecule has 7 nitrogen and oxygen atoms in total. The molecule has 27 heavy (non-hydrogen) atoms. The second-order valence-corrected chi connectivity index (χ2v) is 7.90. The van der Waals surface area contributed by atoms with Crippen LogP contribution in [0, 0.1) is 0 Å². The molecule has 0 fully saturated rings. The molecule has 1 aromatic heterocycles. The number of aromatic nitrogens is 1. The summed E-state index contributed by atoms with van der Waals surface area (Å²) in [5.74, 6) is 0.535. The van der Waals surface area contributed by atoms with Crippen LogP contribution < -0.4 is 9.88 Å². The van der Waals surface area contributed by atoms with E-state index in [4.69, 9.17) is 9.88 Å². The predicted molar refractivity (Wildman–Crippen MR) is 103 cm³/mol. The van der Waals surface area contributed by atoms with Gasteiger partial charge in [0.1, 0.15) is 11.4 Å². The Labute approximate surface area is 157 Å². The Morgan fingerprint density at radius 1 is 1.15 bits per heavy atom. The van der Waals surface area contributed by atoms with Gasteiger partial charge in [0, 0.05) is 24.0 Å². The zero-order valence-electron chi connectivity index (χ0n) is 15.3. The van der Waals surface area contributed by atoms with Crippen LogP contribution in [0.15, 0.2) is 53.4 Å². The molecular weight excluding hydrogens is 366 g/mol. The lowest BCUT2D eigenvalue weighted by Gasteiger charge is -2.25. The molecule has 0 saturated carbocycles. The number of hydrogen-bond acceptors (Lipinski definition) is 4. The van der Waals surface area contributed by atoms with Gasteiger partial charge >= 0.3 is 0 Å². The summed E-state index contributed by atoms with van der Waals surface area (Å²) in [4.78, 5) is 17.6. The number of H-pyrrole nitrogens is 1. The third-order valence-electron chi connectivity index (χ3n) is 4.65. The van der Waals surface area contributed by atoms with E-state index in [-0.39, 0.29) is 16.8 Å². The zero-order chi connectivity index (χ0) is 19.8. The summed E-state index contributed by atoms with van der Waals surface area (Å²) >= 11 is 0. The van der Waals surface area contributed by atoms with Gasteiger partial charge in [-0.05, 0) is 42.8 Å². The topological polar surface area (TPSA) is 105 Å². The van der Waals surface area contributed by atoms with E-state index in [1.807, 2.05) is 25.1 Å². The molecule has 0 aliphatic rings. The van der Waals surface area contributed by atoms with Crippen molar-refractivity contribution < 1.29 is 17.9 Å². The zero-order valence-corrected chi connectivity index (χ0v) is 16.1. The standard InChI is InChI=1S/C19H21N3O4S/c1-12(13-5-8-16(9-6-13)27(20,24)25)22(2)19(23)18-10-14-4-7-15(26-3)11-17(14)21-18/h4-12,21H,1-3H3,(H2,20,24,25). The maximum atomic E-state index is 12.9. The summed E-state index contributed by atoms with van der Waals surface area (Å²) in [5.41, 5.74) is 2.08. The smallest absolute Gasteiger partial charge is 0.270 e. The summed E-state index contributed by atoms with van der Waals surface area (Å²) in [5, 5.41) is 6.03. The summed E-state index contributed by atoms with van der Waals surface area (Å²) in [6.45, 7) is 1.87. The summed E-state index contributed by atoms with van der Waals surface area (Å²) in [6, 6.07) is 13.3. The number of methoxy groups -OCH3 is 1. The third-order valence-corrected chi connectivity index (χ3v) is 5.58. The molecule has 0 aliphatic heterocycles. The number of hydrogen-bond donors (Lipinski definition) is 2. The van der Waals surface area contributed by atoms with Crippen molar-refractivity contribution >= 4 is 26.8 Å². The Balaban J connectivity index is 1.84. The van der Waals surface area contributed by atoms with E-state index < -0.39 is 10.0 Å². The monoisotopic (exact) mass is 387 g/mol. The molecule has 1 heterocycles. The highest BCUT2D eigenvalue weighted by Gasteiger charge is 2.21. The quantitative estimate of drug-likeness (QED) is 0.702. The van der Waals surface area contributed by atoms with Crippen LogP contribution in [0.4, 0.5) is 0 Å². The number of nitrogens with zero attached hydrogens (tertiary/aromatic N) is 1. The highest BCUT2D eigenvalue weighted by molar-refractivity contribution is 7.89. The molecule has 3 N–H and O–H groups in total. The number of ether oxygens (including phenoxy) is 1. The maximum Gasteiger partial charge on any atom is 0.270 e. The molecule has 0 aliphatic carbocycles. The van der Waals surface area contributed by atoms with Gasteiger partial charge in [-0.25, -0.2) is 13.6 Å². The van der Waals surface area contributed by atoms with E-state index in [0.29, 0.717) is 11.4 Å². The Morgan fingerprint density at radius 3 is 2.41 bits per heavy atom. The van der Waals surface area contributed by atoms with Crippen molar-refractivity contribution in [2.45, 2.75) is 17.9 Å². The largest absolute Gasteiger partial charge is 0.497 e. The molecule has 1 atom stereocenters. The van der Waals surface area contributed by atoms with Crippen LogP contribution >= 0.6 is 0 Å². The second kappa shape index (κ2) is 7.05. The maximum absolute atomic E-state index is 12.9. The van der Waals surface area contributed by atoms with E-state index in [2.05, 4.69) is 4.98 Å². The highest BCUT2D eigenvalue weighted by Crippen LogP contribution is 2.25. The second-order valence-electron chi connectivity index (χ2n) is 6.34. The first-order valence-corrected chi connectivity index (χ1v) is 9.82.